The van der Waals surface area contributed by atoms with Crippen molar-refractivity contribution in [2.24, 2.45) is 0 Å². The minimum absolute atomic E-state index is 0.0672. The topological polar surface area (TPSA) is 73.3 Å². The number of carbonyl (C=O) groups excluding carboxylic acids is 1. The van der Waals surface area contributed by atoms with E-state index in [1.54, 1.807) is 17.4 Å². The van der Waals surface area contributed by atoms with E-state index in [0.717, 1.165) is 33.9 Å². The molecule has 1 amide bonds. The summed E-state index contributed by atoms with van der Waals surface area (Å²) >= 11 is 3.29. The summed E-state index contributed by atoms with van der Waals surface area (Å²) in [7, 11) is 0. The first-order valence-electron chi connectivity index (χ1n) is 9.74. The fourth-order valence-corrected chi connectivity index (χ4v) is 6.14. The summed E-state index contributed by atoms with van der Waals surface area (Å²) in [5.41, 5.74) is 2.09. The van der Waals surface area contributed by atoms with Gasteiger partial charge in [-0.1, -0.05) is 11.8 Å². The molecular weight excluding hydrogens is 406 g/mol. The third-order valence-corrected chi connectivity index (χ3v) is 7.46. The number of rotatable bonds is 4. The first kappa shape index (κ1) is 18.7. The van der Waals surface area contributed by atoms with Crippen LogP contribution in [0.4, 0.5) is 5.69 Å². The van der Waals surface area contributed by atoms with Crippen molar-refractivity contribution < 1.29 is 14.3 Å². The van der Waals surface area contributed by atoms with Gasteiger partial charge in [0.1, 0.15) is 15.7 Å². The Balaban J connectivity index is 1.38. The number of aryl methyl sites for hydroxylation is 3. The third-order valence-electron chi connectivity index (χ3n) is 5.19. The zero-order valence-corrected chi connectivity index (χ0v) is 17.9. The molecule has 0 radical (unpaired) electrons. The molecule has 0 unspecified atom stereocenters. The van der Waals surface area contributed by atoms with E-state index in [4.69, 9.17) is 14.5 Å². The molecule has 150 valence electrons. The molecule has 3 heterocycles. The summed E-state index contributed by atoms with van der Waals surface area (Å²) in [6, 6.07) is 5.43. The van der Waals surface area contributed by atoms with Crippen LogP contribution in [0, 0.1) is 6.92 Å². The second kappa shape index (κ2) is 7.50. The number of benzene rings is 1. The number of amides is 1. The number of fused-ring (bicyclic) bond motifs is 4. The van der Waals surface area contributed by atoms with Gasteiger partial charge in [0.15, 0.2) is 11.5 Å². The van der Waals surface area contributed by atoms with Crippen LogP contribution in [0.15, 0.2) is 23.2 Å². The Labute approximate surface area is 177 Å². The predicted octanol–water partition coefficient (Wildman–Crippen LogP) is 4.73. The summed E-state index contributed by atoms with van der Waals surface area (Å²) in [6.45, 7) is 4.04. The maximum Gasteiger partial charge on any atom is 0.237 e. The number of anilines is 1. The lowest BCUT2D eigenvalue weighted by molar-refractivity contribution is -0.115. The van der Waals surface area contributed by atoms with Gasteiger partial charge in [0.25, 0.3) is 0 Å². The van der Waals surface area contributed by atoms with Gasteiger partial charge in [-0.05, 0) is 57.2 Å². The summed E-state index contributed by atoms with van der Waals surface area (Å²) in [6.07, 6.45) is 4.65. The molecule has 8 heteroatoms. The maximum atomic E-state index is 12.8. The minimum Gasteiger partial charge on any atom is -0.454 e. The van der Waals surface area contributed by atoms with Gasteiger partial charge in [-0.15, -0.1) is 11.3 Å². The molecule has 1 N–H and O–H groups in total. The summed E-state index contributed by atoms with van der Waals surface area (Å²) < 4.78 is 10.7. The Kier molecular flexibility index (Phi) is 4.83. The van der Waals surface area contributed by atoms with E-state index in [2.05, 4.69) is 10.3 Å². The van der Waals surface area contributed by atoms with E-state index in [-0.39, 0.29) is 18.0 Å². The fraction of sp³-hybridized carbons (Fsp3) is 0.381. The number of hydrogen-bond donors (Lipinski definition) is 1. The molecule has 1 aliphatic heterocycles. The molecule has 1 aliphatic carbocycles. The molecule has 0 saturated carbocycles. The third kappa shape index (κ3) is 3.55. The van der Waals surface area contributed by atoms with Crippen LogP contribution in [0.5, 0.6) is 11.5 Å². The highest BCUT2D eigenvalue weighted by Gasteiger charge is 2.24. The lowest BCUT2D eigenvalue weighted by Gasteiger charge is -2.15. The van der Waals surface area contributed by atoms with E-state index in [0.29, 0.717) is 17.2 Å². The molecule has 0 saturated heterocycles. The van der Waals surface area contributed by atoms with Gasteiger partial charge in [0, 0.05) is 22.0 Å². The Morgan fingerprint density at radius 2 is 2.03 bits per heavy atom. The molecule has 29 heavy (non-hydrogen) atoms. The molecule has 1 aromatic carbocycles. The zero-order valence-electron chi connectivity index (χ0n) is 16.3. The van der Waals surface area contributed by atoms with Crippen LogP contribution in [-0.4, -0.2) is 27.9 Å². The predicted molar refractivity (Wildman–Crippen MR) is 115 cm³/mol. The van der Waals surface area contributed by atoms with Gasteiger partial charge in [-0.2, -0.15) is 0 Å². The smallest absolute Gasteiger partial charge is 0.237 e. The molecular formula is C21H21N3O3S2. The first-order valence-corrected chi connectivity index (χ1v) is 11.4. The summed E-state index contributed by atoms with van der Waals surface area (Å²) in [5.74, 6) is 2.04. The van der Waals surface area contributed by atoms with Gasteiger partial charge < -0.3 is 14.8 Å². The number of hydrogen-bond acceptors (Lipinski definition) is 7. The quantitative estimate of drug-likeness (QED) is 0.479. The Bertz CT molecular complexity index is 1110. The molecule has 1 atom stereocenters. The largest absolute Gasteiger partial charge is 0.454 e. The highest BCUT2D eigenvalue weighted by Crippen LogP contribution is 2.41. The van der Waals surface area contributed by atoms with Crippen molar-refractivity contribution in [2.75, 3.05) is 12.1 Å². The molecule has 0 spiro atoms. The van der Waals surface area contributed by atoms with Crippen molar-refractivity contribution in [3.8, 4) is 11.5 Å². The lowest BCUT2D eigenvalue weighted by Crippen LogP contribution is -2.22. The number of aromatic nitrogens is 2. The SMILES string of the molecule is Cc1nc(S[C@@H](C)C(=O)Nc2ccc3c(c2)OCO3)c2c3c(sc2n1)CCCC3. The van der Waals surface area contributed by atoms with Crippen LogP contribution in [0.2, 0.25) is 0 Å². The molecule has 3 aromatic rings. The second-order valence-electron chi connectivity index (χ2n) is 7.28. The van der Waals surface area contributed by atoms with Gasteiger partial charge in [0.05, 0.1) is 5.25 Å². The second-order valence-corrected chi connectivity index (χ2v) is 9.70. The van der Waals surface area contributed by atoms with Crippen LogP contribution in [0.1, 0.15) is 36.0 Å². The van der Waals surface area contributed by atoms with Crippen molar-refractivity contribution in [3.63, 3.8) is 0 Å². The Morgan fingerprint density at radius 1 is 1.21 bits per heavy atom. The first-order chi connectivity index (χ1) is 14.1. The van der Waals surface area contributed by atoms with Crippen molar-refractivity contribution in [2.45, 2.75) is 49.8 Å². The molecule has 0 bridgehead atoms. The Hall–Kier alpha value is -2.32. The molecule has 2 aromatic heterocycles. The van der Waals surface area contributed by atoms with Crippen LogP contribution in [-0.2, 0) is 17.6 Å². The van der Waals surface area contributed by atoms with Gasteiger partial charge in [0.2, 0.25) is 12.7 Å². The van der Waals surface area contributed by atoms with E-state index in [9.17, 15) is 4.79 Å². The van der Waals surface area contributed by atoms with E-state index in [1.807, 2.05) is 26.0 Å². The van der Waals surface area contributed by atoms with Crippen LogP contribution in [0.25, 0.3) is 10.2 Å². The van der Waals surface area contributed by atoms with Crippen LogP contribution in [0.3, 0.4) is 0 Å². The number of nitrogens with one attached hydrogen (secondary N) is 1. The highest BCUT2D eigenvalue weighted by atomic mass is 32.2. The molecule has 2 aliphatic rings. The number of carbonyl (C=O) groups is 1. The summed E-state index contributed by atoms with van der Waals surface area (Å²) in [4.78, 5) is 24.7. The minimum atomic E-state index is -0.294. The van der Waals surface area contributed by atoms with E-state index in [1.165, 1.54) is 35.0 Å². The number of thioether (sulfide) groups is 1. The molecule has 6 nitrogen and oxygen atoms in total. The van der Waals surface area contributed by atoms with E-state index >= 15 is 0 Å². The van der Waals surface area contributed by atoms with Gasteiger partial charge >= 0.3 is 0 Å². The summed E-state index contributed by atoms with van der Waals surface area (Å²) in [5, 5.41) is 4.75. The standard InChI is InChI=1S/C21H21N3O3S2/c1-11(19(25)24-13-7-8-15-16(9-13)27-10-26-15)28-20-18-14-5-3-4-6-17(14)29-21(18)23-12(2)22-20/h7-9,11H,3-6,10H2,1-2H3,(H,24,25)/t11-/m0/s1. The van der Waals surface area contributed by atoms with Crippen molar-refractivity contribution >= 4 is 44.9 Å². The van der Waals surface area contributed by atoms with Crippen molar-refractivity contribution in [1.82, 2.24) is 9.97 Å². The molecule has 0 fully saturated rings. The average molecular weight is 428 g/mol. The number of nitrogens with zero attached hydrogens (tertiary/aromatic N) is 2. The van der Waals surface area contributed by atoms with Crippen LogP contribution >= 0.6 is 23.1 Å². The fourth-order valence-electron chi connectivity index (χ4n) is 3.75. The average Bonchev–Trinajstić information content (AvgIpc) is 3.31. The Morgan fingerprint density at radius 3 is 2.93 bits per heavy atom. The zero-order chi connectivity index (χ0) is 20.0. The van der Waals surface area contributed by atoms with Crippen molar-refractivity contribution in [3.05, 3.63) is 34.5 Å². The van der Waals surface area contributed by atoms with Crippen LogP contribution < -0.4 is 14.8 Å². The molecule has 5 rings (SSSR count). The van der Waals surface area contributed by atoms with E-state index < -0.39 is 0 Å². The van der Waals surface area contributed by atoms with Gasteiger partial charge in [-0.25, -0.2) is 9.97 Å². The van der Waals surface area contributed by atoms with Gasteiger partial charge in [-0.3, -0.25) is 4.79 Å². The number of ether oxygens (including phenoxy) is 2. The number of thiophene rings is 1. The lowest BCUT2D eigenvalue weighted by atomic mass is 9.97. The normalized spacial score (nSPS) is 15.9. The van der Waals surface area contributed by atoms with Crippen molar-refractivity contribution in [1.29, 1.82) is 0 Å². The highest BCUT2D eigenvalue weighted by molar-refractivity contribution is 8.00. The monoisotopic (exact) mass is 427 g/mol. The maximum absolute atomic E-state index is 12.8.